The van der Waals surface area contributed by atoms with Crippen molar-refractivity contribution in [2.24, 2.45) is 17.8 Å². The molecule has 1 saturated carbocycles. The summed E-state index contributed by atoms with van der Waals surface area (Å²) in [5.41, 5.74) is 10.2. The van der Waals surface area contributed by atoms with Gasteiger partial charge in [-0.2, -0.15) is 0 Å². The zero-order chi connectivity index (χ0) is 22.6. The highest BCUT2D eigenvalue weighted by atomic mass is 16.5. The van der Waals surface area contributed by atoms with Gasteiger partial charge in [-0.15, -0.1) is 0 Å². The summed E-state index contributed by atoms with van der Waals surface area (Å²) in [5, 5.41) is 3.15. The van der Waals surface area contributed by atoms with Crippen molar-refractivity contribution in [3.63, 3.8) is 0 Å². The number of rotatable bonds is 6. The van der Waals surface area contributed by atoms with Gasteiger partial charge in [-0.3, -0.25) is 4.79 Å². The predicted octanol–water partition coefficient (Wildman–Crippen LogP) is 5.26. The van der Waals surface area contributed by atoms with E-state index in [0.717, 1.165) is 50.4 Å². The van der Waals surface area contributed by atoms with Crippen molar-refractivity contribution in [3.05, 3.63) is 54.1 Å². The molecule has 176 valence electrons. The molecule has 4 atom stereocenters. The van der Waals surface area contributed by atoms with E-state index in [-0.39, 0.29) is 11.8 Å². The van der Waals surface area contributed by atoms with Crippen LogP contribution in [0.2, 0.25) is 0 Å². The highest BCUT2D eigenvalue weighted by Gasteiger charge is 2.34. The lowest BCUT2D eigenvalue weighted by Gasteiger charge is -2.30. The van der Waals surface area contributed by atoms with E-state index in [4.69, 9.17) is 10.5 Å². The fourth-order valence-corrected chi connectivity index (χ4v) is 6.12. The Balaban J connectivity index is 1.10. The van der Waals surface area contributed by atoms with Crippen LogP contribution in [0, 0.1) is 17.8 Å². The first-order valence-corrected chi connectivity index (χ1v) is 12.8. The quantitative estimate of drug-likeness (QED) is 0.468. The number of ether oxygens (including phenoxy) is 1. The maximum Gasteiger partial charge on any atom is 0.228 e. The molecule has 2 aromatic carbocycles. The molecule has 5 rings (SSSR count). The number of benzene rings is 2. The Morgan fingerprint density at radius 2 is 1.79 bits per heavy atom. The van der Waals surface area contributed by atoms with Crippen LogP contribution in [-0.4, -0.2) is 31.7 Å². The van der Waals surface area contributed by atoms with Crippen LogP contribution in [0.3, 0.4) is 0 Å². The molecule has 3 unspecified atom stereocenters. The average molecular weight is 448 g/mol. The van der Waals surface area contributed by atoms with Gasteiger partial charge < -0.3 is 20.7 Å². The fourth-order valence-electron chi connectivity index (χ4n) is 6.12. The molecule has 0 radical (unpaired) electrons. The molecule has 5 heteroatoms. The Morgan fingerprint density at radius 3 is 2.67 bits per heavy atom. The highest BCUT2D eigenvalue weighted by Crippen LogP contribution is 2.37. The second-order valence-corrected chi connectivity index (χ2v) is 10.2. The number of anilines is 3. The van der Waals surface area contributed by atoms with Crippen LogP contribution >= 0.6 is 0 Å². The maximum absolute atomic E-state index is 12.8. The van der Waals surface area contributed by atoms with Crippen LogP contribution in [-0.2, 0) is 16.0 Å². The van der Waals surface area contributed by atoms with Crippen LogP contribution < -0.4 is 16.0 Å². The van der Waals surface area contributed by atoms with Crippen LogP contribution in [0.25, 0.3) is 0 Å². The van der Waals surface area contributed by atoms with Gasteiger partial charge in [-0.1, -0.05) is 24.6 Å². The summed E-state index contributed by atoms with van der Waals surface area (Å²) in [7, 11) is 0. The molecule has 2 heterocycles. The van der Waals surface area contributed by atoms with Gasteiger partial charge in [-0.05, 0) is 92.7 Å². The lowest BCUT2D eigenvalue weighted by atomic mass is 9.79. The smallest absolute Gasteiger partial charge is 0.228 e. The van der Waals surface area contributed by atoms with Crippen molar-refractivity contribution >= 4 is 23.0 Å². The predicted molar refractivity (Wildman–Crippen MR) is 134 cm³/mol. The van der Waals surface area contributed by atoms with Gasteiger partial charge in [0.1, 0.15) is 0 Å². The summed E-state index contributed by atoms with van der Waals surface area (Å²) in [6.45, 7) is 2.74. The third kappa shape index (κ3) is 5.19. The minimum Gasteiger partial charge on any atom is -0.399 e. The van der Waals surface area contributed by atoms with Crippen molar-refractivity contribution in [2.75, 3.05) is 35.7 Å². The number of carbonyl (C=O) groups is 1. The van der Waals surface area contributed by atoms with Gasteiger partial charge in [0.15, 0.2) is 0 Å². The third-order valence-corrected chi connectivity index (χ3v) is 8.02. The van der Waals surface area contributed by atoms with Crippen LogP contribution in [0.5, 0.6) is 0 Å². The number of nitrogens with two attached hydrogens (primary N) is 1. The third-order valence-electron chi connectivity index (χ3n) is 8.02. The summed E-state index contributed by atoms with van der Waals surface area (Å²) in [5.74, 6) is 1.43. The van der Waals surface area contributed by atoms with Crippen molar-refractivity contribution in [1.82, 2.24) is 0 Å². The van der Waals surface area contributed by atoms with Crippen molar-refractivity contribution in [3.8, 4) is 0 Å². The molecular weight excluding hydrogens is 410 g/mol. The summed E-state index contributed by atoms with van der Waals surface area (Å²) >= 11 is 0. The van der Waals surface area contributed by atoms with E-state index in [0.29, 0.717) is 17.9 Å². The Morgan fingerprint density at radius 1 is 0.939 bits per heavy atom. The number of fused-ring (bicyclic) bond motifs is 1. The molecule has 0 aromatic heterocycles. The first kappa shape index (κ1) is 22.3. The van der Waals surface area contributed by atoms with Gasteiger partial charge in [-0.25, -0.2) is 0 Å². The molecule has 1 amide bonds. The Kier molecular flexibility index (Phi) is 6.86. The van der Waals surface area contributed by atoms with Crippen molar-refractivity contribution in [2.45, 2.75) is 57.4 Å². The molecule has 2 fully saturated rings. The molecule has 0 spiro atoms. The number of hydrogen-bond acceptors (Lipinski definition) is 4. The lowest BCUT2D eigenvalue weighted by Crippen LogP contribution is -2.35. The van der Waals surface area contributed by atoms with E-state index >= 15 is 0 Å². The van der Waals surface area contributed by atoms with Crippen molar-refractivity contribution in [1.29, 1.82) is 0 Å². The largest absolute Gasteiger partial charge is 0.399 e. The second kappa shape index (κ2) is 10.2. The van der Waals surface area contributed by atoms with Gasteiger partial charge >= 0.3 is 0 Å². The molecule has 5 nitrogen and oxygen atoms in total. The van der Waals surface area contributed by atoms with E-state index < -0.39 is 0 Å². The number of nitrogens with one attached hydrogen (secondary N) is 1. The number of nitrogen functional groups attached to an aromatic ring is 1. The summed E-state index contributed by atoms with van der Waals surface area (Å²) in [6, 6.07) is 16.9. The number of hydrogen-bond donors (Lipinski definition) is 2. The standard InChI is InChI=1S/C28H37N3O2/c29-23-12-14-24(15-13-23)31-16-4-8-25(31)19-33-18-20-5-3-7-21(11-10-20)26-17-22-6-1-2-9-27(22)30-28(26)32/h1-2,6,9,12-15,20-21,25-26H,3-5,7-8,10-11,16-19,29H2,(H,30,32)/t20?,21?,25-,26?/m0/s1. The molecule has 3 N–H and O–H groups in total. The van der Waals surface area contributed by atoms with E-state index in [2.05, 4.69) is 34.5 Å². The number of amides is 1. The van der Waals surface area contributed by atoms with Gasteiger partial charge in [0, 0.05) is 36.1 Å². The highest BCUT2D eigenvalue weighted by molar-refractivity contribution is 5.95. The van der Waals surface area contributed by atoms with E-state index in [1.54, 1.807) is 0 Å². The van der Waals surface area contributed by atoms with Gasteiger partial charge in [0.25, 0.3) is 0 Å². The Bertz CT molecular complexity index is 944. The molecular formula is C28H37N3O2. The minimum absolute atomic E-state index is 0.117. The lowest BCUT2D eigenvalue weighted by molar-refractivity contribution is -0.122. The molecule has 2 aromatic rings. The fraction of sp³-hybridized carbons (Fsp3) is 0.536. The number of nitrogens with zero attached hydrogens (tertiary/aromatic N) is 1. The molecule has 1 aliphatic carbocycles. The molecule has 1 saturated heterocycles. The van der Waals surface area contributed by atoms with Crippen LogP contribution in [0.4, 0.5) is 17.1 Å². The van der Waals surface area contributed by atoms with Crippen LogP contribution in [0.1, 0.15) is 50.5 Å². The molecule has 3 aliphatic rings. The summed E-state index contributed by atoms with van der Waals surface area (Å²) < 4.78 is 6.29. The zero-order valence-electron chi connectivity index (χ0n) is 19.5. The number of para-hydroxylation sites is 1. The molecule has 2 aliphatic heterocycles. The van der Waals surface area contributed by atoms with E-state index in [1.807, 2.05) is 24.3 Å². The van der Waals surface area contributed by atoms with Gasteiger partial charge in [0.05, 0.1) is 12.6 Å². The molecule has 33 heavy (non-hydrogen) atoms. The number of carbonyl (C=O) groups excluding carboxylic acids is 1. The first-order chi connectivity index (χ1) is 16.2. The Hall–Kier alpha value is -2.53. The normalized spacial score (nSPS) is 27.6. The minimum atomic E-state index is 0.117. The monoisotopic (exact) mass is 447 g/mol. The summed E-state index contributed by atoms with van der Waals surface area (Å²) in [4.78, 5) is 15.3. The first-order valence-electron chi connectivity index (χ1n) is 12.8. The Labute approximate surface area is 197 Å². The average Bonchev–Trinajstić information content (AvgIpc) is 3.16. The maximum atomic E-state index is 12.8. The summed E-state index contributed by atoms with van der Waals surface area (Å²) in [6.07, 6.45) is 9.17. The van der Waals surface area contributed by atoms with E-state index in [9.17, 15) is 4.79 Å². The molecule has 0 bridgehead atoms. The topological polar surface area (TPSA) is 67.6 Å². The zero-order valence-corrected chi connectivity index (χ0v) is 19.5. The SMILES string of the molecule is Nc1ccc(N2CCC[C@H]2COCC2CCCC(C3Cc4ccccc4NC3=O)CC2)cc1. The van der Waals surface area contributed by atoms with Gasteiger partial charge in [0.2, 0.25) is 5.91 Å². The second-order valence-electron chi connectivity index (χ2n) is 10.2. The van der Waals surface area contributed by atoms with Crippen LogP contribution in [0.15, 0.2) is 48.5 Å². The van der Waals surface area contributed by atoms with Crippen molar-refractivity contribution < 1.29 is 9.53 Å². The van der Waals surface area contributed by atoms with E-state index in [1.165, 1.54) is 43.4 Å².